The smallest absolute Gasteiger partial charge is 0.236 e. The molecule has 6 nitrogen and oxygen atoms in total. The molecule has 0 heterocycles. The summed E-state index contributed by atoms with van der Waals surface area (Å²) in [6, 6.07) is 25.8. The van der Waals surface area contributed by atoms with Crippen LogP contribution in [0.4, 0.5) is 5.69 Å². The normalized spacial score (nSPS) is 12.6. The molecule has 3 rings (SSSR count). The van der Waals surface area contributed by atoms with Gasteiger partial charge in [0.15, 0.2) is 5.78 Å². The number of nitro groups is 1. The van der Waals surface area contributed by atoms with Crippen LogP contribution < -0.4 is 5.32 Å². The lowest BCUT2D eigenvalue weighted by Gasteiger charge is -2.23. The summed E-state index contributed by atoms with van der Waals surface area (Å²) in [5, 5.41) is 14.1. The summed E-state index contributed by atoms with van der Waals surface area (Å²) in [5.41, 5.74) is 1.43. The van der Waals surface area contributed by atoms with E-state index in [4.69, 9.17) is 0 Å². The maximum absolute atomic E-state index is 13.3. The highest BCUT2D eigenvalue weighted by Gasteiger charge is 2.39. The number of rotatable bonds is 8. The average molecular weight is 388 g/mol. The molecule has 3 aromatic rings. The van der Waals surface area contributed by atoms with Crippen molar-refractivity contribution in [2.24, 2.45) is 5.92 Å². The minimum absolute atomic E-state index is 0.338. The van der Waals surface area contributed by atoms with Crippen LogP contribution in [0.3, 0.4) is 0 Å². The molecule has 0 fully saturated rings. The van der Waals surface area contributed by atoms with Crippen LogP contribution in [-0.2, 0) is 4.79 Å². The number of carbonyl (C=O) groups is 2. The van der Waals surface area contributed by atoms with Gasteiger partial charge in [-0.25, -0.2) is 0 Å². The lowest BCUT2D eigenvalue weighted by molar-refractivity contribution is -0.484. The SMILES string of the molecule is O=C(Nc1ccccc1)[C@H](C(=O)c1ccccc1)[C@H](C[N+](=O)[O-])c1ccccc1. The zero-order chi connectivity index (χ0) is 20.6. The summed E-state index contributed by atoms with van der Waals surface area (Å²) in [6.07, 6.45) is 0. The van der Waals surface area contributed by atoms with Crippen LogP contribution in [0.15, 0.2) is 91.0 Å². The molecule has 0 saturated carbocycles. The highest BCUT2D eigenvalue weighted by atomic mass is 16.6. The summed E-state index contributed by atoms with van der Waals surface area (Å²) in [6.45, 7) is -0.532. The lowest BCUT2D eigenvalue weighted by atomic mass is 9.80. The van der Waals surface area contributed by atoms with Gasteiger partial charge in [0.2, 0.25) is 12.5 Å². The first kappa shape index (κ1) is 19.9. The maximum Gasteiger partial charge on any atom is 0.236 e. The number of ketones is 1. The van der Waals surface area contributed by atoms with Crippen molar-refractivity contribution in [3.05, 3.63) is 112 Å². The van der Waals surface area contributed by atoms with E-state index in [2.05, 4.69) is 5.32 Å². The maximum atomic E-state index is 13.3. The van der Waals surface area contributed by atoms with Crippen LogP contribution >= 0.6 is 0 Å². The highest BCUT2D eigenvalue weighted by Crippen LogP contribution is 2.29. The Morgan fingerprint density at radius 3 is 1.90 bits per heavy atom. The van der Waals surface area contributed by atoms with Crippen LogP contribution in [0, 0.1) is 16.0 Å². The Hall–Kier alpha value is -3.80. The van der Waals surface area contributed by atoms with Crippen LogP contribution in [0.5, 0.6) is 0 Å². The number of Topliss-reactive ketones (excluding diaryl/α,β-unsaturated/α-hetero) is 1. The quantitative estimate of drug-likeness (QED) is 0.271. The molecule has 3 aromatic carbocycles. The number of carbonyl (C=O) groups excluding carboxylic acids is 2. The van der Waals surface area contributed by atoms with Crippen molar-refractivity contribution in [3.63, 3.8) is 0 Å². The van der Waals surface area contributed by atoms with E-state index in [9.17, 15) is 19.7 Å². The van der Waals surface area contributed by atoms with Gasteiger partial charge < -0.3 is 5.32 Å². The van der Waals surface area contributed by atoms with Gasteiger partial charge in [-0.05, 0) is 17.7 Å². The van der Waals surface area contributed by atoms with Gasteiger partial charge >= 0.3 is 0 Å². The lowest BCUT2D eigenvalue weighted by Crippen LogP contribution is -2.37. The molecule has 29 heavy (non-hydrogen) atoms. The van der Waals surface area contributed by atoms with E-state index in [0.29, 0.717) is 16.8 Å². The first-order valence-corrected chi connectivity index (χ1v) is 9.18. The van der Waals surface area contributed by atoms with Gasteiger partial charge in [-0.3, -0.25) is 19.7 Å². The van der Waals surface area contributed by atoms with Gasteiger partial charge in [-0.15, -0.1) is 0 Å². The molecule has 0 aliphatic rings. The molecule has 0 aromatic heterocycles. The van der Waals surface area contributed by atoms with E-state index in [0.717, 1.165) is 0 Å². The predicted molar refractivity (Wildman–Crippen MR) is 110 cm³/mol. The van der Waals surface area contributed by atoms with Crippen molar-refractivity contribution in [2.75, 3.05) is 11.9 Å². The number of anilines is 1. The molecule has 1 amide bonds. The van der Waals surface area contributed by atoms with Crippen molar-refractivity contribution in [2.45, 2.75) is 5.92 Å². The molecule has 6 heteroatoms. The third-order valence-electron chi connectivity index (χ3n) is 4.64. The zero-order valence-electron chi connectivity index (χ0n) is 15.6. The van der Waals surface area contributed by atoms with E-state index in [1.807, 2.05) is 6.07 Å². The molecule has 2 atom stereocenters. The molecule has 1 N–H and O–H groups in total. The van der Waals surface area contributed by atoms with Gasteiger partial charge in [0, 0.05) is 16.2 Å². The van der Waals surface area contributed by atoms with Crippen molar-refractivity contribution in [1.82, 2.24) is 0 Å². The Bertz CT molecular complexity index is 976. The monoisotopic (exact) mass is 388 g/mol. The molecule has 0 bridgehead atoms. The van der Waals surface area contributed by atoms with E-state index in [1.165, 1.54) is 0 Å². The van der Waals surface area contributed by atoms with Crippen molar-refractivity contribution < 1.29 is 14.5 Å². The van der Waals surface area contributed by atoms with Crippen LogP contribution in [0.25, 0.3) is 0 Å². The minimum Gasteiger partial charge on any atom is -0.325 e. The third-order valence-corrected chi connectivity index (χ3v) is 4.64. The van der Waals surface area contributed by atoms with Crippen LogP contribution in [0.1, 0.15) is 21.8 Å². The summed E-state index contributed by atoms with van der Waals surface area (Å²) >= 11 is 0. The fourth-order valence-electron chi connectivity index (χ4n) is 3.27. The predicted octanol–water partition coefficient (Wildman–Crippen LogP) is 4.18. The summed E-state index contributed by atoms with van der Waals surface area (Å²) in [7, 11) is 0. The zero-order valence-corrected chi connectivity index (χ0v) is 15.6. The van der Waals surface area contributed by atoms with Gasteiger partial charge in [-0.1, -0.05) is 78.9 Å². The van der Waals surface area contributed by atoms with Gasteiger partial charge in [0.05, 0.1) is 5.92 Å². The highest BCUT2D eigenvalue weighted by molar-refractivity contribution is 6.14. The Morgan fingerprint density at radius 1 is 0.828 bits per heavy atom. The van der Waals surface area contributed by atoms with Crippen molar-refractivity contribution in [3.8, 4) is 0 Å². The number of benzene rings is 3. The Labute approximate surface area is 168 Å². The Balaban J connectivity index is 2.03. The van der Waals surface area contributed by atoms with E-state index < -0.39 is 35.0 Å². The van der Waals surface area contributed by atoms with E-state index >= 15 is 0 Å². The molecule has 0 saturated heterocycles. The average Bonchev–Trinajstić information content (AvgIpc) is 2.75. The minimum atomic E-state index is -1.24. The largest absolute Gasteiger partial charge is 0.325 e. The third kappa shape index (κ3) is 5.13. The number of nitrogens with zero attached hydrogens (tertiary/aromatic N) is 1. The van der Waals surface area contributed by atoms with Crippen molar-refractivity contribution >= 4 is 17.4 Å². The van der Waals surface area contributed by atoms with Gasteiger partial charge in [0.25, 0.3) is 0 Å². The molecular formula is C23H20N2O4. The van der Waals surface area contributed by atoms with Gasteiger partial charge in [-0.2, -0.15) is 0 Å². The second-order valence-corrected chi connectivity index (χ2v) is 6.60. The van der Waals surface area contributed by atoms with E-state index in [-0.39, 0.29) is 0 Å². The summed E-state index contributed by atoms with van der Waals surface area (Å²) < 4.78 is 0. The number of amides is 1. The number of para-hydroxylation sites is 1. The topological polar surface area (TPSA) is 89.3 Å². The summed E-state index contributed by atoms with van der Waals surface area (Å²) in [4.78, 5) is 37.4. The number of nitrogens with one attached hydrogen (secondary N) is 1. The van der Waals surface area contributed by atoms with Gasteiger partial charge in [0.1, 0.15) is 5.92 Å². The Morgan fingerprint density at radius 2 is 1.34 bits per heavy atom. The van der Waals surface area contributed by atoms with Crippen molar-refractivity contribution in [1.29, 1.82) is 0 Å². The molecule has 0 radical (unpaired) electrons. The number of hydrogen-bond acceptors (Lipinski definition) is 4. The molecule has 146 valence electrons. The van der Waals surface area contributed by atoms with Crippen LogP contribution in [-0.4, -0.2) is 23.2 Å². The first-order valence-electron chi connectivity index (χ1n) is 9.18. The first-order chi connectivity index (χ1) is 14.1. The Kier molecular flexibility index (Phi) is 6.47. The second-order valence-electron chi connectivity index (χ2n) is 6.60. The molecule has 0 aliphatic heterocycles. The number of hydrogen-bond donors (Lipinski definition) is 1. The second kappa shape index (κ2) is 9.41. The molecular weight excluding hydrogens is 368 g/mol. The molecule has 0 unspecified atom stereocenters. The van der Waals surface area contributed by atoms with E-state index in [1.54, 1.807) is 84.9 Å². The summed E-state index contributed by atoms with van der Waals surface area (Å²) in [5.74, 6) is -3.16. The standard InChI is InChI=1S/C23H20N2O4/c26-22(18-12-6-2-7-13-18)21(23(27)24-19-14-8-3-9-15-19)20(16-25(28)29)17-10-4-1-5-11-17/h1-15,20-21H,16H2,(H,24,27)/t20-,21+/m1/s1. The fraction of sp³-hybridized carbons (Fsp3) is 0.130. The molecule has 0 spiro atoms. The molecule has 0 aliphatic carbocycles. The fourth-order valence-corrected chi connectivity index (χ4v) is 3.27. The van der Waals surface area contributed by atoms with Crippen LogP contribution in [0.2, 0.25) is 0 Å².